The predicted molar refractivity (Wildman–Crippen MR) is 56.3 cm³/mol. The summed E-state index contributed by atoms with van der Waals surface area (Å²) in [5.41, 5.74) is -0.0109. The van der Waals surface area contributed by atoms with Gasteiger partial charge in [-0.3, -0.25) is 0 Å². The van der Waals surface area contributed by atoms with Crippen molar-refractivity contribution in [2.75, 3.05) is 0 Å². The normalized spacial score (nSPS) is 9.47. The average Bonchev–Trinajstić information content (AvgIpc) is 2.19. The Bertz CT molecular complexity index is 272. The van der Waals surface area contributed by atoms with E-state index >= 15 is 0 Å². The van der Waals surface area contributed by atoms with Crippen molar-refractivity contribution in [3.8, 4) is 0 Å². The minimum absolute atomic E-state index is 0.0109. The number of benzene rings is 1. The van der Waals surface area contributed by atoms with Gasteiger partial charge in [0.15, 0.2) is 0 Å². The zero-order valence-electron chi connectivity index (χ0n) is 9.41. The first-order chi connectivity index (χ1) is 7.15. The zero-order chi connectivity index (χ0) is 11.8. The number of halogens is 3. The molecule has 15 heavy (non-hydrogen) atoms. The summed E-state index contributed by atoms with van der Waals surface area (Å²) in [5, 5.41) is 0. The lowest BCUT2D eigenvalue weighted by atomic mass is 10.1. The van der Waals surface area contributed by atoms with E-state index in [0.29, 0.717) is 25.0 Å². The number of hydrogen-bond acceptors (Lipinski definition) is 0. The zero-order valence-corrected chi connectivity index (χ0v) is 9.41. The van der Waals surface area contributed by atoms with E-state index in [-0.39, 0.29) is 5.56 Å². The predicted octanol–water partition coefficient (Wildman–Crippen LogP) is 4.47. The highest BCUT2D eigenvalue weighted by Crippen LogP contribution is 2.16. The fourth-order valence-electron chi connectivity index (χ4n) is 1.16. The number of rotatable bonds is 3. The third-order valence-corrected chi connectivity index (χ3v) is 1.89. The monoisotopic (exact) mass is 218 g/mol. The van der Waals surface area contributed by atoms with E-state index in [1.54, 1.807) is 0 Å². The van der Waals surface area contributed by atoms with Crippen molar-refractivity contribution in [3.63, 3.8) is 0 Å². The Morgan fingerprint density at radius 3 is 1.87 bits per heavy atom. The fraction of sp³-hybridized carbons (Fsp3) is 0.500. The molecule has 0 aliphatic heterocycles. The van der Waals surface area contributed by atoms with Crippen molar-refractivity contribution in [2.24, 2.45) is 0 Å². The van der Waals surface area contributed by atoms with Crippen molar-refractivity contribution in [2.45, 2.75) is 40.0 Å². The summed E-state index contributed by atoms with van der Waals surface area (Å²) < 4.78 is 38.4. The molecule has 0 nitrogen and oxygen atoms in total. The molecule has 0 bridgehead atoms. The lowest BCUT2D eigenvalue weighted by molar-refractivity contribution is 0.519. The highest BCUT2D eigenvalue weighted by Gasteiger charge is 2.10. The molecule has 0 radical (unpaired) electrons. The van der Waals surface area contributed by atoms with Crippen LogP contribution >= 0.6 is 0 Å². The van der Waals surface area contributed by atoms with E-state index in [1.807, 2.05) is 20.8 Å². The molecule has 0 saturated carbocycles. The molecule has 0 aromatic heterocycles. The molecule has 86 valence electrons. The topological polar surface area (TPSA) is 0 Å². The molecule has 0 heterocycles. The quantitative estimate of drug-likeness (QED) is 0.702. The molecule has 0 aliphatic rings. The Kier molecular flexibility index (Phi) is 6.84. The molecule has 0 aliphatic carbocycles. The van der Waals surface area contributed by atoms with Gasteiger partial charge in [0, 0.05) is 17.7 Å². The lowest BCUT2D eigenvalue weighted by Gasteiger charge is -2.03. The van der Waals surface area contributed by atoms with E-state index in [2.05, 4.69) is 0 Å². The molecule has 0 spiro atoms. The Labute approximate surface area is 89.1 Å². The van der Waals surface area contributed by atoms with Crippen molar-refractivity contribution in [1.82, 2.24) is 0 Å². The second kappa shape index (κ2) is 7.32. The first kappa shape index (κ1) is 14.0. The van der Waals surface area contributed by atoms with Gasteiger partial charge in [0.1, 0.15) is 17.5 Å². The first-order valence-electron chi connectivity index (χ1n) is 5.28. The van der Waals surface area contributed by atoms with Gasteiger partial charge in [-0.2, -0.15) is 0 Å². The third kappa shape index (κ3) is 4.36. The second-order valence-electron chi connectivity index (χ2n) is 2.95. The van der Waals surface area contributed by atoms with Gasteiger partial charge in [-0.15, -0.1) is 0 Å². The van der Waals surface area contributed by atoms with Crippen LogP contribution in [0.1, 0.15) is 39.2 Å². The molecule has 1 rings (SSSR count). The van der Waals surface area contributed by atoms with Crippen LogP contribution in [0.4, 0.5) is 13.2 Å². The highest BCUT2D eigenvalue weighted by atomic mass is 19.1. The summed E-state index contributed by atoms with van der Waals surface area (Å²) in [6, 6.07) is 1.43. The minimum atomic E-state index is -0.866. The Morgan fingerprint density at radius 2 is 1.47 bits per heavy atom. The summed E-state index contributed by atoms with van der Waals surface area (Å²) in [6.45, 7) is 5.93. The van der Waals surface area contributed by atoms with Crippen molar-refractivity contribution >= 4 is 0 Å². The van der Waals surface area contributed by atoms with Gasteiger partial charge in [-0.1, -0.05) is 27.2 Å². The summed E-state index contributed by atoms with van der Waals surface area (Å²) in [4.78, 5) is 0. The Hall–Kier alpha value is -0.990. The Morgan fingerprint density at radius 1 is 1.00 bits per heavy atom. The molecule has 0 N–H and O–H groups in total. The van der Waals surface area contributed by atoms with Crippen LogP contribution in [0, 0.1) is 17.5 Å². The summed E-state index contributed by atoms with van der Waals surface area (Å²) in [7, 11) is 0. The van der Waals surface area contributed by atoms with Gasteiger partial charge in [0.05, 0.1) is 0 Å². The lowest BCUT2D eigenvalue weighted by Crippen LogP contribution is -1.97. The summed E-state index contributed by atoms with van der Waals surface area (Å²) >= 11 is 0. The van der Waals surface area contributed by atoms with E-state index in [0.717, 1.165) is 6.42 Å². The maximum absolute atomic E-state index is 13.0. The number of unbranched alkanes of at least 4 members (excludes halogenated alkanes) is 1. The molecular formula is C12H17F3. The molecule has 0 unspecified atom stereocenters. The van der Waals surface area contributed by atoms with Crippen LogP contribution < -0.4 is 0 Å². The van der Waals surface area contributed by atoms with Gasteiger partial charge in [0.25, 0.3) is 0 Å². The second-order valence-corrected chi connectivity index (χ2v) is 2.95. The molecule has 0 fully saturated rings. The van der Waals surface area contributed by atoms with Gasteiger partial charge >= 0.3 is 0 Å². The molecule has 3 heteroatoms. The van der Waals surface area contributed by atoms with E-state index in [1.165, 1.54) is 0 Å². The van der Waals surface area contributed by atoms with Crippen LogP contribution in [0.15, 0.2) is 12.1 Å². The Balaban J connectivity index is 0.000000921. The van der Waals surface area contributed by atoms with E-state index < -0.39 is 17.5 Å². The van der Waals surface area contributed by atoms with Crippen molar-refractivity contribution < 1.29 is 13.2 Å². The van der Waals surface area contributed by atoms with Gasteiger partial charge < -0.3 is 0 Å². The molecule has 0 amide bonds. The maximum Gasteiger partial charge on any atom is 0.132 e. The SMILES string of the molecule is CC.CCCCc1c(F)cc(F)cc1F. The van der Waals surface area contributed by atoms with Crippen LogP contribution in [0.25, 0.3) is 0 Å². The van der Waals surface area contributed by atoms with Crippen molar-refractivity contribution in [1.29, 1.82) is 0 Å². The van der Waals surface area contributed by atoms with Gasteiger partial charge in [-0.25, -0.2) is 13.2 Å². The molecule has 1 aromatic rings. The van der Waals surface area contributed by atoms with Gasteiger partial charge in [0.2, 0.25) is 0 Å². The van der Waals surface area contributed by atoms with Crippen LogP contribution in [0.5, 0.6) is 0 Å². The number of hydrogen-bond donors (Lipinski definition) is 0. The van der Waals surface area contributed by atoms with Gasteiger partial charge in [-0.05, 0) is 12.8 Å². The highest BCUT2D eigenvalue weighted by molar-refractivity contribution is 5.20. The van der Waals surface area contributed by atoms with Crippen LogP contribution in [-0.2, 0) is 6.42 Å². The molecule has 0 atom stereocenters. The van der Waals surface area contributed by atoms with E-state index in [4.69, 9.17) is 0 Å². The standard InChI is InChI=1S/C10H11F3.C2H6/c1-2-3-4-8-9(12)5-7(11)6-10(8)13;1-2/h5-6H,2-4H2,1H3;1-2H3. The van der Waals surface area contributed by atoms with Crippen LogP contribution in [0.3, 0.4) is 0 Å². The molecule has 1 aromatic carbocycles. The average molecular weight is 218 g/mol. The summed E-state index contributed by atoms with van der Waals surface area (Å²) in [5.74, 6) is -2.44. The van der Waals surface area contributed by atoms with E-state index in [9.17, 15) is 13.2 Å². The van der Waals surface area contributed by atoms with Crippen LogP contribution in [-0.4, -0.2) is 0 Å². The molecule has 0 saturated heterocycles. The maximum atomic E-state index is 13.0. The largest absolute Gasteiger partial charge is 0.207 e. The summed E-state index contributed by atoms with van der Waals surface area (Å²) in [6.07, 6.45) is 1.89. The third-order valence-electron chi connectivity index (χ3n) is 1.89. The first-order valence-corrected chi connectivity index (χ1v) is 5.28. The fourth-order valence-corrected chi connectivity index (χ4v) is 1.16. The smallest absolute Gasteiger partial charge is 0.132 e. The minimum Gasteiger partial charge on any atom is -0.207 e. The molecular weight excluding hydrogens is 201 g/mol. The van der Waals surface area contributed by atoms with Crippen LogP contribution in [0.2, 0.25) is 0 Å². The van der Waals surface area contributed by atoms with Crippen molar-refractivity contribution in [3.05, 3.63) is 35.1 Å².